The maximum atomic E-state index is 10.8. The molecule has 1 amide bonds. The first kappa shape index (κ1) is 10.7. The quantitative estimate of drug-likeness (QED) is 0.588. The highest BCUT2D eigenvalue weighted by Gasteiger charge is 2.10. The summed E-state index contributed by atoms with van der Waals surface area (Å²) in [4.78, 5) is 21.1. The molecule has 0 saturated heterocycles. The first-order chi connectivity index (χ1) is 5.57. The molecule has 1 atom stereocenters. The van der Waals surface area contributed by atoms with Gasteiger partial charge in [0.15, 0.2) is 0 Å². The topological polar surface area (TPSA) is 66.4 Å². The molecule has 4 nitrogen and oxygen atoms in total. The van der Waals surface area contributed by atoms with E-state index in [2.05, 4.69) is 11.9 Å². The summed E-state index contributed by atoms with van der Waals surface area (Å²) < 4.78 is 0. The normalized spacial score (nSPS) is 11.8. The fraction of sp³-hybridized carbons (Fsp3) is 0.500. The van der Waals surface area contributed by atoms with Crippen LogP contribution in [0.15, 0.2) is 12.7 Å². The van der Waals surface area contributed by atoms with Crippen molar-refractivity contribution in [2.75, 3.05) is 6.54 Å². The molecular weight excluding hydrogens is 158 g/mol. The molecular formula is C8H13NO3. The Morgan fingerprint density at radius 2 is 2.25 bits per heavy atom. The van der Waals surface area contributed by atoms with E-state index in [9.17, 15) is 9.59 Å². The molecule has 0 aliphatic heterocycles. The first-order valence-electron chi connectivity index (χ1n) is 3.68. The van der Waals surface area contributed by atoms with Crippen molar-refractivity contribution in [1.82, 2.24) is 5.32 Å². The van der Waals surface area contributed by atoms with Gasteiger partial charge in [0.25, 0.3) is 0 Å². The molecule has 0 aliphatic rings. The molecule has 1 unspecified atom stereocenters. The lowest BCUT2D eigenvalue weighted by molar-refractivity contribution is -0.141. The molecule has 2 N–H and O–H groups in total. The van der Waals surface area contributed by atoms with Crippen molar-refractivity contribution >= 4 is 11.9 Å². The molecule has 0 aromatic carbocycles. The zero-order chi connectivity index (χ0) is 9.56. The molecule has 4 heteroatoms. The Morgan fingerprint density at radius 1 is 1.67 bits per heavy atom. The van der Waals surface area contributed by atoms with Crippen molar-refractivity contribution < 1.29 is 14.7 Å². The van der Waals surface area contributed by atoms with Gasteiger partial charge in [0.05, 0.1) is 5.92 Å². The summed E-state index contributed by atoms with van der Waals surface area (Å²) in [6.45, 7) is 5.09. The Kier molecular flexibility index (Phi) is 4.76. The Hall–Kier alpha value is -1.32. The molecule has 0 aromatic rings. The number of carboxylic acids is 1. The van der Waals surface area contributed by atoms with E-state index in [0.717, 1.165) is 0 Å². The van der Waals surface area contributed by atoms with Crippen molar-refractivity contribution in [2.45, 2.75) is 13.3 Å². The first-order valence-corrected chi connectivity index (χ1v) is 3.68. The molecule has 0 fully saturated rings. The van der Waals surface area contributed by atoms with Crippen LogP contribution in [0.5, 0.6) is 0 Å². The van der Waals surface area contributed by atoms with Crippen LogP contribution in [-0.4, -0.2) is 23.5 Å². The van der Waals surface area contributed by atoms with E-state index in [1.807, 2.05) is 0 Å². The number of amides is 1. The molecule has 0 heterocycles. The second-order valence-corrected chi connectivity index (χ2v) is 2.54. The fourth-order valence-electron chi connectivity index (χ4n) is 0.558. The number of aliphatic carboxylic acids is 1. The van der Waals surface area contributed by atoms with E-state index in [1.54, 1.807) is 0 Å². The zero-order valence-corrected chi connectivity index (χ0v) is 7.04. The SMILES string of the molecule is C=CCC(=O)NCC(C)C(=O)O. The highest BCUT2D eigenvalue weighted by molar-refractivity contribution is 5.78. The number of carbonyl (C=O) groups is 2. The highest BCUT2D eigenvalue weighted by Crippen LogP contribution is 1.91. The van der Waals surface area contributed by atoms with Crippen LogP contribution in [0.1, 0.15) is 13.3 Å². The van der Waals surface area contributed by atoms with Gasteiger partial charge in [0.1, 0.15) is 0 Å². The summed E-state index contributed by atoms with van der Waals surface area (Å²) in [7, 11) is 0. The van der Waals surface area contributed by atoms with Gasteiger partial charge in [-0.15, -0.1) is 6.58 Å². The predicted octanol–water partition coefficient (Wildman–Crippen LogP) is 0.399. The van der Waals surface area contributed by atoms with Crippen LogP contribution in [0.3, 0.4) is 0 Å². The van der Waals surface area contributed by atoms with Crippen molar-refractivity contribution in [1.29, 1.82) is 0 Å². The van der Waals surface area contributed by atoms with Gasteiger partial charge in [-0.05, 0) is 0 Å². The lowest BCUT2D eigenvalue weighted by Gasteiger charge is -2.06. The van der Waals surface area contributed by atoms with Crippen LogP contribution in [0.2, 0.25) is 0 Å². The molecule has 68 valence electrons. The van der Waals surface area contributed by atoms with Crippen LogP contribution in [-0.2, 0) is 9.59 Å². The predicted molar refractivity (Wildman–Crippen MR) is 44.6 cm³/mol. The number of rotatable bonds is 5. The monoisotopic (exact) mass is 171 g/mol. The number of hydrogen-bond donors (Lipinski definition) is 2. The molecule has 0 spiro atoms. The summed E-state index contributed by atoms with van der Waals surface area (Å²) in [5, 5.41) is 10.9. The second-order valence-electron chi connectivity index (χ2n) is 2.54. The number of carbonyl (C=O) groups excluding carboxylic acids is 1. The number of hydrogen-bond acceptors (Lipinski definition) is 2. The average Bonchev–Trinajstić information content (AvgIpc) is 2.00. The minimum Gasteiger partial charge on any atom is -0.481 e. The molecule has 0 rings (SSSR count). The third-order valence-electron chi connectivity index (χ3n) is 1.36. The smallest absolute Gasteiger partial charge is 0.308 e. The second kappa shape index (κ2) is 5.35. The Bertz CT molecular complexity index is 189. The lowest BCUT2D eigenvalue weighted by Crippen LogP contribution is -2.30. The molecule has 0 aromatic heterocycles. The van der Waals surface area contributed by atoms with E-state index in [-0.39, 0.29) is 18.9 Å². The highest BCUT2D eigenvalue weighted by atomic mass is 16.4. The Labute approximate surface area is 71.3 Å². The molecule has 12 heavy (non-hydrogen) atoms. The summed E-state index contributed by atoms with van der Waals surface area (Å²) in [5.41, 5.74) is 0. The maximum Gasteiger partial charge on any atom is 0.308 e. The number of nitrogens with one attached hydrogen (secondary N) is 1. The summed E-state index contributed by atoms with van der Waals surface area (Å²) in [5.74, 6) is -1.65. The van der Waals surface area contributed by atoms with Gasteiger partial charge in [-0.2, -0.15) is 0 Å². The standard InChI is InChI=1S/C8H13NO3/c1-3-4-7(10)9-5-6(2)8(11)12/h3,6H,1,4-5H2,2H3,(H,9,10)(H,11,12). The van der Waals surface area contributed by atoms with E-state index in [0.29, 0.717) is 0 Å². The van der Waals surface area contributed by atoms with E-state index in [1.165, 1.54) is 13.0 Å². The third-order valence-corrected chi connectivity index (χ3v) is 1.36. The van der Waals surface area contributed by atoms with Gasteiger partial charge < -0.3 is 10.4 Å². The Balaban J connectivity index is 3.60. The molecule has 0 saturated carbocycles. The van der Waals surface area contributed by atoms with Crippen LogP contribution < -0.4 is 5.32 Å². The van der Waals surface area contributed by atoms with E-state index in [4.69, 9.17) is 5.11 Å². The van der Waals surface area contributed by atoms with Crippen LogP contribution >= 0.6 is 0 Å². The summed E-state index contributed by atoms with van der Waals surface area (Å²) in [6.07, 6.45) is 1.70. The van der Waals surface area contributed by atoms with Crippen molar-refractivity contribution in [2.24, 2.45) is 5.92 Å². The van der Waals surface area contributed by atoms with Gasteiger partial charge >= 0.3 is 5.97 Å². The van der Waals surface area contributed by atoms with Crippen molar-refractivity contribution in [3.8, 4) is 0 Å². The third kappa shape index (κ3) is 4.49. The average molecular weight is 171 g/mol. The lowest BCUT2D eigenvalue weighted by atomic mass is 10.2. The number of carboxylic acid groups (broad SMARTS) is 1. The molecule has 0 radical (unpaired) electrons. The minimum absolute atomic E-state index is 0.169. The Morgan fingerprint density at radius 3 is 2.67 bits per heavy atom. The van der Waals surface area contributed by atoms with E-state index >= 15 is 0 Å². The minimum atomic E-state index is -0.908. The fourth-order valence-corrected chi connectivity index (χ4v) is 0.558. The van der Waals surface area contributed by atoms with Crippen LogP contribution in [0.25, 0.3) is 0 Å². The van der Waals surface area contributed by atoms with Crippen LogP contribution in [0, 0.1) is 5.92 Å². The molecule has 0 bridgehead atoms. The van der Waals surface area contributed by atoms with Gasteiger partial charge in [0, 0.05) is 13.0 Å². The zero-order valence-electron chi connectivity index (χ0n) is 7.04. The van der Waals surface area contributed by atoms with Gasteiger partial charge in [-0.3, -0.25) is 9.59 Å². The summed E-state index contributed by atoms with van der Waals surface area (Å²) in [6, 6.07) is 0. The molecule has 0 aliphatic carbocycles. The van der Waals surface area contributed by atoms with Gasteiger partial charge in [-0.1, -0.05) is 13.0 Å². The van der Waals surface area contributed by atoms with Crippen molar-refractivity contribution in [3.63, 3.8) is 0 Å². The van der Waals surface area contributed by atoms with Gasteiger partial charge in [0.2, 0.25) is 5.91 Å². The summed E-state index contributed by atoms with van der Waals surface area (Å²) >= 11 is 0. The van der Waals surface area contributed by atoms with Gasteiger partial charge in [-0.25, -0.2) is 0 Å². The van der Waals surface area contributed by atoms with Crippen LogP contribution in [0.4, 0.5) is 0 Å². The van der Waals surface area contributed by atoms with E-state index < -0.39 is 11.9 Å². The largest absolute Gasteiger partial charge is 0.481 e. The maximum absolute atomic E-state index is 10.8. The van der Waals surface area contributed by atoms with Crippen molar-refractivity contribution in [3.05, 3.63) is 12.7 Å².